The van der Waals surface area contributed by atoms with Gasteiger partial charge in [0.15, 0.2) is 0 Å². The van der Waals surface area contributed by atoms with Gasteiger partial charge in [-0.3, -0.25) is 10.1 Å². The van der Waals surface area contributed by atoms with Crippen molar-refractivity contribution in [1.82, 2.24) is 0 Å². The van der Waals surface area contributed by atoms with Gasteiger partial charge in [0.2, 0.25) is 6.54 Å². The quantitative estimate of drug-likeness (QED) is 0.316. The van der Waals surface area contributed by atoms with Crippen molar-refractivity contribution in [3.63, 3.8) is 0 Å². The minimum absolute atomic E-state index is 0.0220. The molecule has 1 aromatic carbocycles. The van der Waals surface area contributed by atoms with Crippen LogP contribution in [-0.4, -0.2) is 17.2 Å². The number of hydrogen-bond acceptors (Lipinski definition) is 3. The molecule has 0 fully saturated rings. The fourth-order valence-electron chi connectivity index (χ4n) is 1.35. The van der Waals surface area contributed by atoms with E-state index in [1.165, 1.54) is 0 Å². The van der Waals surface area contributed by atoms with Crippen molar-refractivity contribution in [3.8, 4) is 0 Å². The highest BCUT2D eigenvalue weighted by atomic mass is 32.2. The van der Waals surface area contributed by atoms with E-state index in [-0.39, 0.29) is 16.7 Å². The average Bonchev–Trinajstić information content (AvgIpc) is 2.29. The summed E-state index contributed by atoms with van der Waals surface area (Å²) in [6.07, 6.45) is 2.72. The molecular formula is C12H15NO2S. The highest BCUT2D eigenvalue weighted by Gasteiger charge is 2.17. The molecule has 0 saturated carbocycles. The molecule has 0 heterocycles. The van der Waals surface area contributed by atoms with Gasteiger partial charge in [-0.05, 0) is 17.7 Å². The molecule has 0 aromatic heterocycles. The molecule has 1 aromatic rings. The minimum atomic E-state index is -0.251. The van der Waals surface area contributed by atoms with Crippen molar-refractivity contribution in [1.29, 1.82) is 0 Å². The summed E-state index contributed by atoms with van der Waals surface area (Å²) in [4.78, 5) is 10.3. The molecule has 0 amide bonds. The lowest BCUT2D eigenvalue weighted by Gasteiger charge is -2.12. The lowest BCUT2D eigenvalue weighted by atomic mass is 10.1. The van der Waals surface area contributed by atoms with Crippen molar-refractivity contribution in [2.75, 3.05) is 12.3 Å². The van der Waals surface area contributed by atoms with E-state index in [4.69, 9.17) is 0 Å². The Hall–Kier alpha value is -1.29. The fraction of sp³-hybridized carbons (Fsp3) is 0.333. The first-order valence-electron chi connectivity index (χ1n) is 5.13. The number of allylic oxidation sites excluding steroid dienone is 1. The smallest absolute Gasteiger partial charge is 0.219 e. The van der Waals surface area contributed by atoms with E-state index in [2.05, 4.69) is 6.58 Å². The van der Waals surface area contributed by atoms with Crippen LogP contribution >= 0.6 is 11.8 Å². The highest BCUT2D eigenvalue weighted by molar-refractivity contribution is 7.99. The first kappa shape index (κ1) is 12.8. The zero-order chi connectivity index (χ0) is 11.8. The lowest BCUT2D eigenvalue weighted by Crippen LogP contribution is -2.10. The second kappa shape index (κ2) is 7.06. The summed E-state index contributed by atoms with van der Waals surface area (Å²) in [6, 6.07) is 9.62. The first-order chi connectivity index (χ1) is 7.74. The number of rotatable bonds is 7. The summed E-state index contributed by atoms with van der Waals surface area (Å²) in [5.41, 5.74) is 1.02. The van der Waals surface area contributed by atoms with E-state index < -0.39 is 0 Å². The molecule has 0 N–H and O–H groups in total. The third kappa shape index (κ3) is 4.49. The van der Waals surface area contributed by atoms with Crippen molar-refractivity contribution < 1.29 is 4.92 Å². The number of nitro groups is 1. The number of benzene rings is 1. The molecule has 4 heteroatoms. The largest absolute Gasteiger partial charge is 0.264 e. The normalized spacial score (nSPS) is 12.0. The third-order valence-electron chi connectivity index (χ3n) is 2.13. The fourth-order valence-corrected chi connectivity index (χ4v) is 2.52. The van der Waals surface area contributed by atoms with E-state index in [1.807, 2.05) is 36.4 Å². The van der Waals surface area contributed by atoms with Crippen LogP contribution in [0.3, 0.4) is 0 Å². The first-order valence-corrected chi connectivity index (χ1v) is 6.18. The maximum absolute atomic E-state index is 10.6. The molecule has 1 unspecified atom stereocenters. The molecule has 0 saturated heterocycles. The Kier molecular flexibility index (Phi) is 5.64. The highest BCUT2D eigenvalue weighted by Crippen LogP contribution is 2.29. The number of thioether (sulfide) groups is 1. The second-order valence-electron chi connectivity index (χ2n) is 3.36. The summed E-state index contributed by atoms with van der Waals surface area (Å²) >= 11 is 1.61. The Labute approximate surface area is 99.7 Å². The van der Waals surface area contributed by atoms with Gasteiger partial charge in [0.05, 0.1) is 5.25 Å². The zero-order valence-electron chi connectivity index (χ0n) is 9.04. The molecule has 16 heavy (non-hydrogen) atoms. The maximum Gasteiger partial charge on any atom is 0.219 e. The van der Waals surface area contributed by atoms with Crippen LogP contribution < -0.4 is 0 Å². The van der Waals surface area contributed by atoms with E-state index in [1.54, 1.807) is 11.8 Å². The topological polar surface area (TPSA) is 43.1 Å². The van der Waals surface area contributed by atoms with Crippen molar-refractivity contribution in [3.05, 3.63) is 58.7 Å². The van der Waals surface area contributed by atoms with Crippen molar-refractivity contribution in [2.45, 2.75) is 11.7 Å². The molecule has 1 atom stereocenters. The molecule has 1 rings (SSSR count). The Morgan fingerprint density at radius 1 is 1.44 bits per heavy atom. The van der Waals surface area contributed by atoms with Gasteiger partial charge >= 0.3 is 0 Å². The number of nitrogens with zero attached hydrogens (tertiary/aromatic N) is 1. The van der Waals surface area contributed by atoms with Crippen LogP contribution in [0.2, 0.25) is 0 Å². The lowest BCUT2D eigenvalue weighted by molar-refractivity contribution is -0.479. The van der Waals surface area contributed by atoms with E-state index in [9.17, 15) is 10.1 Å². The Morgan fingerprint density at radius 2 is 2.12 bits per heavy atom. The van der Waals surface area contributed by atoms with Crippen LogP contribution in [0.15, 0.2) is 43.0 Å². The van der Waals surface area contributed by atoms with E-state index >= 15 is 0 Å². The van der Waals surface area contributed by atoms with E-state index in [0.29, 0.717) is 0 Å². The van der Waals surface area contributed by atoms with Crippen LogP contribution in [0.4, 0.5) is 0 Å². The van der Waals surface area contributed by atoms with Crippen LogP contribution in [0.25, 0.3) is 0 Å². The van der Waals surface area contributed by atoms with Crippen LogP contribution in [0.1, 0.15) is 17.2 Å². The maximum atomic E-state index is 10.6. The monoisotopic (exact) mass is 237 g/mol. The SMILES string of the molecule is C=CCCSC(C[N+](=O)[O-])c1ccccc1. The summed E-state index contributed by atoms with van der Waals surface area (Å²) in [5.74, 6) is 0.872. The molecule has 0 radical (unpaired) electrons. The summed E-state index contributed by atoms with van der Waals surface area (Å²) in [5, 5.41) is 10.5. The van der Waals surface area contributed by atoms with Gasteiger partial charge in [0.1, 0.15) is 0 Å². The van der Waals surface area contributed by atoms with Gasteiger partial charge in [0.25, 0.3) is 0 Å². The Morgan fingerprint density at radius 3 is 2.69 bits per heavy atom. The van der Waals surface area contributed by atoms with Gasteiger partial charge in [-0.15, -0.1) is 18.3 Å². The van der Waals surface area contributed by atoms with Gasteiger partial charge in [-0.25, -0.2) is 0 Å². The molecule has 0 spiro atoms. The predicted octanol–water partition coefficient (Wildman–Crippen LogP) is 3.31. The van der Waals surface area contributed by atoms with Gasteiger partial charge < -0.3 is 0 Å². The zero-order valence-corrected chi connectivity index (χ0v) is 9.86. The minimum Gasteiger partial charge on any atom is -0.264 e. The second-order valence-corrected chi connectivity index (χ2v) is 4.67. The van der Waals surface area contributed by atoms with Crippen molar-refractivity contribution in [2.24, 2.45) is 0 Å². The van der Waals surface area contributed by atoms with E-state index in [0.717, 1.165) is 17.7 Å². The van der Waals surface area contributed by atoms with Gasteiger partial charge in [-0.2, -0.15) is 0 Å². The predicted molar refractivity (Wildman–Crippen MR) is 68.3 cm³/mol. The molecular weight excluding hydrogens is 222 g/mol. The van der Waals surface area contributed by atoms with Gasteiger partial charge in [-0.1, -0.05) is 36.4 Å². The van der Waals surface area contributed by atoms with Crippen LogP contribution in [-0.2, 0) is 0 Å². The van der Waals surface area contributed by atoms with Crippen molar-refractivity contribution >= 4 is 11.8 Å². The summed E-state index contributed by atoms with van der Waals surface area (Å²) in [7, 11) is 0. The molecule has 0 bridgehead atoms. The molecule has 0 aliphatic carbocycles. The van der Waals surface area contributed by atoms with Gasteiger partial charge in [0, 0.05) is 4.92 Å². The summed E-state index contributed by atoms with van der Waals surface area (Å²) in [6.45, 7) is 3.62. The Bertz CT molecular complexity index is 340. The summed E-state index contributed by atoms with van der Waals surface area (Å²) < 4.78 is 0. The Balaban J connectivity index is 2.63. The average molecular weight is 237 g/mol. The number of hydrogen-bond donors (Lipinski definition) is 0. The molecule has 86 valence electrons. The molecule has 0 aliphatic heterocycles. The molecule has 0 aliphatic rings. The van der Waals surface area contributed by atoms with Crippen LogP contribution in [0.5, 0.6) is 0 Å². The molecule has 3 nitrogen and oxygen atoms in total. The third-order valence-corrected chi connectivity index (χ3v) is 3.42. The standard InChI is InChI=1S/C12H15NO2S/c1-2-3-9-16-12(10-13(14)15)11-7-5-4-6-8-11/h2,4-8,12H,1,3,9-10H2. The van der Waals surface area contributed by atoms with Crippen LogP contribution in [0, 0.1) is 10.1 Å².